The molecule has 0 aromatic heterocycles. The zero-order valence-corrected chi connectivity index (χ0v) is 11.1. The van der Waals surface area contributed by atoms with E-state index >= 15 is 0 Å². The smallest absolute Gasteiger partial charge is 0.230 e. The molecule has 0 saturated heterocycles. The number of rotatable bonds is 7. The van der Waals surface area contributed by atoms with E-state index in [0.717, 1.165) is 16.3 Å². The fourth-order valence-corrected chi connectivity index (χ4v) is 2.14. The van der Waals surface area contributed by atoms with Gasteiger partial charge in [-0.3, -0.25) is 4.79 Å². The fraction of sp³-hybridized carbons (Fsp3) is 0.417. The van der Waals surface area contributed by atoms with E-state index in [4.69, 9.17) is 16.7 Å². The van der Waals surface area contributed by atoms with Crippen LogP contribution >= 0.6 is 23.4 Å². The first-order valence-electron chi connectivity index (χ1n) is 5.42. The number of nitrogens with one attached hydrogen (secondary N) is 1. The molecule has 0 atom stereocenters. The van der Waals surface area contributed by atoms with Gasteiger partial charge in [0.2, 0.25) is 5.91 Å². The Labute approximate surface area is 111 Å². The van der Waals surface area contributed by atoms with Crippen LogP contribution in [0, 0.1) is 0 Å². The van der Waals surface area contributed by atoms with E-state index < -0.39 is 0 Å². The van der Waals surface area contributed by atoms with Gasteiger partial charge in [0, 0.05) is 23.9 Å². The molecule has 3 nitrogen and oxygen atoms in total. The maximum Gasteiger partial charge on any atom is 0.230 e. The van der Waals surface area contributed by atoms with Gasteiger partial charge in [-0.1, -0.05) is 23.7 Å². The summed E-state index contributed by atoms with van der Waals surface area (Å²) in [6, 6.07) is 7.61. The number of amides is 1. The highest BCUT2D eigenvalue weighted by Crippen LogP contribution is 2.15. The van der Waals surface area contributed by atoms with E-state index in [1.165, 1.54) is 0 Å². The van der Waals surface area contributed by atoms with Crippen LogP contribution in [0.2, 0.25) is 5.02 Å². The Bertz CT molecular complexity index is 343. The van der Waals surface area contributed by atoms with Crippen molar-refractivity contribution < 1.29 is 9.90 Å². The summed E-state index contributed by atoms with van der Waals surface area (Å²) in [7, 11) is 0. The molecule has 0 spiro atoms. The van der Waals surface area contributed by atoms with Gasteiger partial charge in [-0.15, -0.1) is 11.8 Å². The van der Waals surface area contributed by atoms with Gasteiger partial charge in [0.15, 0.2) is 0 Å². The molecule has 1 rings (SSSR count). The molecule has 0 fully saturated rings. The zero-order valence-electron chi connectivity index (χ0n) is 9.49. The summed E-state index contributed by atoms with van der Waals surface area (Å²) in [4.78, 5) is 11.3. The van der Waals surface area contributed by atoms with Crippen molar-refractivity contribution in [3.05, 3.63) is 34.9 Å². The summed E-state index contributed by atoms with van der Waals surface area (Å²) in [6.45, 7) is 0.648. The standard InChI is InChI=1S/C12H16ClNO2S/c13-11-4-2-10(3-5-11)8-17-9-12(16)14-6-1-7-15/h2-5,15H,1,6-9H2,(H,14,16). The third kappa shape index (κ3) is 6.56. The van der Waals surface area contributed by atoms with E-state index in [-0.39, 0.29) is 12.5 Å². The van der Waals surface area contributed by atoms with Crippen molar-refractivity contribution >= 4 is 29.3 Å². The van der Waals surface area contributed by atoms with Crippen LogP contribution in [-0.2, 0) is 10.5 Å². The van der Waals surface area contributed by atoms with E-state index in [9.17, 15) is 4.79 Å². The summed E-state index contributed by atoms with van der Waals surface area (Å²) >= 11 is 7.34. The number of carbonyl (C=O) groups is 1. The van der Waals surface area contributed by atoms with E-state index in [2.05, 4.69) is 5.32 Å². The number of aliphatic hydroxyl groups is 1. The monoisotopic (exact) mass is 273 g/mol. The van der Waals surface area contributed by atoms with Crippen LogP contribution in [0.4, 0.5) is 0 Å². The van der Waals surface area contributed by atoms with Gasteiger partial charge < -0.3 is 10.4 Å². The predicted octanol–water partition coefficient (Wildman–Crippen LogP) is 2.07. The van der Waals surface area contributed by atoms with Gasteiger partial charge in [0.05, 0.1) is 5.75 Å². The molecular weight excluding hydrogens is 258 g/mol. The molecule has 2 N–H and O–H groups in total. The molecule has 0 aliphatic carbocycles. The van der Waals surface area contributed by atoms with Crippen molar-refractivity contribution in [1.29, 1.82) is 0 Å². The molecule has 1 aromatic rings. The lowest BCUT2D eigenvalue weighted by atomic mass is 10.2. The molecule has 17 heavy (non-hydrogen) atoms. The number of hydrogen-bond acceptors (Lipinski definition) is 3. The predicted molar refractivity (Wildman–Crippen MR) is 72.3 cm³/mol. The van der Waals surface area contributed by atoms with Crippen LogP contribution in [0.5, 0.6) is 0 Å². The third-order valence-corrected chi connectivity index (χ3v) is 3.33. The number of halogens is 1. The zero-order chi connectivity index (χ0) is 12.5. The van der Waals surface area contributed by atoms with Gasteiger partial charge >= 0.3 is 0 Å². The largest absolute Gasteiger partial charge is 0.396 e. The van der Waals surface area contributed by atoms with Crippen molar-refractivity contribution in [1.82, 2.24) is 5.32 Å². The molecule has 0 radical (unpaired) electrons. The van der Waals surface area contributed by atoms with Crippen LogP contribution in [-0.4, -0.2) is 29.9 Å². The Balaban J connectivity index is 2.14. The van der Waals surface area contributed by atoms with Crippen LogP contribution in [0.1, 0.15) is 12.0 Å². The lowest BCUT2D eigenvalue weighted by Crippen LogP contribution is -2.26. The van der Waals surface area contributed by atoms with Gasteiger partial charge in [-0.2, -0.15) is 0 Å². The number of aliphatic hydroxyl groups excluding tert-OH is 1. The minimum atomic E-state index is 0.0115. The maximum absolute atomic E-state index is 11.3. The van der Waals surface area contributed by atoms with Crippen LogP contribution in [0.15, 0.2) is 24.3 Å². The van der Waals surface area contributed by atoms with E-state index in [1.54, 1.807) is 11.8 Å². The topological polar surface area (TPSA) is 49.3 Å². The third-order valence-electron chi connectivity index (χ3n) is 2.07. The molecule has 0 aliphatic heterocycles. The first kappa shape index (κ1) is 14.4. The summed E-state index contributed by atoms with van der Waals surface area (Å²) in [5.74, 6) is 1.25. The Morgan fingerprint density at radius 1 is 1.35 bits per heavy atom. The summed E-state index contributed by atoms with van der Waals surface area (Å²) in [5.41, 5.74) is 1.16. The van der Waals surface area contributed by atoms with Crippen molar-refractivity contribution in [3.63, 3.8) is 0 Å². The van der Waals surface area contributed by atoms with Crippen molar-refractivity contribution in [2.75, 3.05) is 18.9 Å². The number of carbonyl (C=O) groups excluding carboxylic acids is 1. The highest BCUT2D eigenvalue weighted by molar-refractivity contribution is 7.99. The summed E-state index contributed by atoms with van der Waals surface area (Å²) < 4.78 is 0. The normalized spacial score (nSPS) is 10.2. The van der Waals surface area contributed by atoms with Gasteiger partial charge in [-0.05, 0) is 24.1 Å². The first-order chi connectivity index (χ1) is 8.22. The summed E-state index contributed by atoms with van der Waals surface area (Å²) in [6.07, 6.45) is 0.605. The molecule has 1 aromatic carbocycles. The van der Waals surface area contributed by atoms with E-state index in [1.807, 2.05) is 24.3 Å². The molecule has 1 amide bonds. The number of thioether (sulfide) groups is 1. The second-order valence-corrected chi connectivity index (χ2v) is 4.97. The molecule has 0 heterocycles. The van der Waals surface area contributed by atoms with Gasteiger partial charge in [0.25, 0.3) is 0 Å². The number of hydrogen-bond donors (Lipinski definition) is 2. The van der Waals surface area contributed by atoms with Crippen LogP contribution in [0.3, 0.4) is 0 Å². The quantitative estimate of drug-likeness (QED) is 0.748. The van der Waals surface area contributed by atoms with Crippen molar-refractivity contribution in [2.45, 2.75) is 12.2 Å². The summed E-state index contributed by atoms with van der Waals surface area (Å²) in [5, 5.41) is 12.0. The van der Waals surface area contributed by atoms with E-state index in [0.29, 0.717) is 18.7 Å². The first-order valence-corrected chi connectivity index (χ1v) is 6.95. The van der Waals surface area contributed by atoms with Gasteiger partial charge in [0.1, 0.15) is 0 Å². The average molecular weight is 274 g/mol. The molecule has 0 unspecified atom stereocenters. The fourth-order valence-electron chi connectivity index (χ4n) is 1.20. The molecular formula is C12H16ClNO2S. The number of benzene rings is 1. The molecule has 5 heteroatoms. The molecule has 0 saturated carbocycles. The highest BCUT2D eigenvalue weighted by Gasteiger charge is 2.01. The Morgan fingerprint density at radius 3 is 2.71 bits per heavy atom. The Morgan fingerprint density at radius 2 is 2.06 bits per heavy atom. The Kier molecular flexibility index (Phi) is 7.08. The lowest BCUT2D eigenvalue weighted by molar-refractivity contribution is -0.118. The van der Waals surface area contributed by atoms with Crippen LogP contribution in [0.25, 0.3) is 0 Å². The second-order valence-electron chi connectivity index (χ2n) is 3.55. The van der Waals surface area contributed by atoms with Crippen molar-refractivity contribution in [3.8, 4) is 0 Å². The minimum absolute atomic E-state index is 0.0115. The second kappa shape index (κ2) is 8.39. The molecule has 0 bridgehead atoms. The average Bonchev–Trinajstić information content (AvgIpc) is 2.32. The molecule has 0 aliphatic rings. The van der Waals surface area contributed by atoms with Gasteiger partial charge in [-0.25, -0.2) is 0 Å². The van der Waals surface area contributed by atoms with Crippen LogP contribution < -0.4 is 5.32 Å². The highest BCUT2D eigenvalue weighted by atomic mass is 35.5. The molecule has 94 valence electrons. The SMILES string of the molecule is O=C(CSCc1ccc(Cl)cc1)NCCCO. The Hall–Kier alpha value is -0.710. The lowest BCUT2D eigenvalue weighted by Gasteiger charge is -2.04. The maximum atomic E-state index is 11.3. The minimum Gasteiger partial charge on any atom is -0.396 e. The van der Waals surface area contributed by atoms with Crippen molar-refractivity contribution in [2.24, 2.45) is 0 Å².